The molecule has 3 rings (SSSR count). The first-order chi connectivity index (χ1) is 9.70. The predicted octanol–water partition coefficient (Wildman–Crippen LogP) is 2.49. The molecule has 1 fully saturated rings. The van der Waals surface area contributed by atoms with Crippen LogP contribution >= 0.6 is 0 Å². The molecule has 106 valence electrons. The van der Waals surface area contributed by atoms with Gasteiger partial charge in [0.25, 0.3) is 5.91 Å². The Hall–Kier alpha value is -1.97. The van der Waals surface area contributed by atoms with Gasteiger partial charge in [-0.1, -0.05) is 43.2 Å². The van der Waals surface area contributed by atoms with Crippen LogP contribution in [0.25, 0.3) is 0 Å². The molecule has 20 heavy (non-hydrogen) atoms. The third kappa shape index (κ3) is 2.38. The molecule has 0 bridgehead atoms. The van der Waals surface area contributed by atoms with E-state index < -0.39 is 12.2 Å². The molecule has 1 unspecified atom stereocenters. The summed E-state index contributed by atoms with van der Waals surface area (Å²) in [5.74, 6) is -0.435. The van der Waals surface area contributed by atoms with E-state index in [9.17, 15) is 4.79 Å². The first-order valence-electron chi connectivity index (χ1n) is 7.06. The van der Waals surface area contributed by atoms with Gasteiger partial charge in [-0.2, -0.15) is 0 Å². The van der Waals surface area contributed by atoms with Crippen molar-refractivity contribution < 1.29 is 14.3 Å². The van der Waals surface area contributed by atoms with E-state index in [1.807, 2.05) is 18.2 Å². The number of ether oxygens (including phenoxy) is 2. The number of rotatable bonds is 4. The molecule has 4 heteroatoms. The molecule has 1 amide bonds. The number of primary amides is 1. The highest BCUT2D eigenvalue weighted by atomic mass is 16.7. The van der Waals surface area contributed by atoms with Crippen molar-refractivity contribution in [2.24, 2.45) is 11.1 Å². The van der Waals surface area contributed by atoms with Crippen LogP contribution in [0.5, 0.6) is 0 Å². The Bertz CT molecular complexity index is 518. The molecule has 0 aromatic heterocycles. The van der Waals surface area contributed by atoms with Crippen LogP contribution in [0.2, 0.25) is 0 Å². The number of amides is 1. The van der Waals surface area contributed by atoms with Crippen molar-refractivity contribution in [3.05, 3.63) is 47.9 Å². The number of nitrogens with two attached hydrogens (primary N) is 1. The Morgan fingerprint density at radius 1 is 1.25 bits per heavy atom. The molecule has 1 atom stereocenters. The standard InChI is InChI=1S/C16H19NO3/c17-14(18)13-11-19-15(20-13)16(8-4-5-9-16)10-12-6-2-1-3-7-12/h1-3,6-7,11,15H,4-5,8-10H2,(H2,17,18). The Kier molecular flexibility index (Phi) is 3.38. The Morgan fingerprint density at radius 2 is 1.95 bits per heavy atom. The zero-order valence-electron chi connectivity index (χ0n) is 11.4. The molecule has 2 aliphatic rings. The average Bonchev–Trinajstić information content (AvgIpc) is 3.09. The number of carbonyl (C=O) groups excluding carboxylic acids is 1. The second kappa shape index (κ2) is 5.19. The second-order valence-corrected chi connectivity index (χ2v) is 5.66. The summed E-state index contributed by atoms with van der Waals surface area (Å²) in [5, 5.41) is 0. The van der Waals surface area contributed by atoms with Gasteiger partial charge in [0.15, 0.2) is 0 Å². The fourth-order valence-electron chi connectivity index (χ4n) is 3.26. The third-order valence-electron chi connectivity index (χ3n) is 4.27. The van der Waals surface area contributed by atoms with E-state index in [1.165, 1.54) is 24.7 Å². The zero-order valence-corrected chi connectivity index (χ0v) is 11.4. The largest absolute Gasteiger partial charge is 0.458 e. The van der Waals surface area contributed by atoms with Crippen LogP contribution in [0.15, 0.2) is 42.4 Å². The molecular formula is C16H19NO3. The van der Waals surface area contributed by atoms with Crippen molar-refractivity contribution in [1.82, 2.24) is 0 Å². The quantitative estimate of drug-likeness (QED) is 0.916. The van der Waals surface area contributed by atoms with E-state index in [1.54, 1.807) is 0 Å². The highest BCUT2D eigenvalue weighted by molar-refractivity contribution is 5.89. The summed E-state index contributed by atoms with van der Waals surface area (Å²) in [6.45, 7) is 0. The van der Waals surface area contributed by atoms with Gasteiger partial charge in [0.1, 0.15) is 6.26 Å². The normalized spacial score (nSPS) is 23.8. The van der Waals surface area contributed by atoms with Crippen molar-refractivity contribution in [3.63, 3.8) is 0 Å². The summed E-state index contributed by atoms with van der Waals surface area (Å²) >= 11 is 0. The second-order valence-electron chi connectivity index (χ2n) is 5.66. The van der Waals surface area contributed by atoms with E-state index in [4.69, 9.17) is 15.2 Å². The number of carbonyl (C=O) groups is 1. The molecule has 1 heterocycles. The fraction of sp³-hybridized carbons (Fsp3) is 0.438. The predicted molar refractivity (Wildman–Crippen MR) is 74.3 cm³/mol. The summed E-state index contributed by atoms with van der Waals surface area (Å²) in [6.07, 6.45) is 6.30. The highest BCUT2D eigenvalue weighted by Crippen LogP contribution is 2.47. The minimum Gasteiger partial charge on any atom is -0.458 e. The molecule has 1 aromatic carbocycles. The maximum Gasteiger partial charge on any atom is 0.287 e. The lowest BCUT2D eigenvalue weighted by atomic mass is 9.79. The van der Waals surface area contributed by atoms with E-state index in [2.05, 4.69) is 12.1 Å². The monoisotopic (exact) mass is 273 g/mol. The van der Waals surface area contributed by atoms with Crippen LogP contribution in [0.3, 0.4) is 0 Å². The molecule has 1 aliphatic heterocycles. The molecule has 2 N–H and O–H groups in total. The van der Waals surface area contributed by atoms with Crippen LogP contribution in [0, 0.1) is 5.41 Å². The maximum atomic E-state index is 11.2. The number of hydrogen-bond acceptors (Lipinski definition) is 3. The van der Waals surface area contributed by atoms with E-state index in [-0.39, 0.29) is 11.2 Å². The lowest BCUT2D eigenvalue weighted by molar-refractivity contribution is -0.136. The Morgan fingerprint density at radius 3 is 2.55 bits per heavy atom. The molecule has 0 radical (unpaired) electrons. The molecule has 1 saturated carbocycles. The highest BCUT2D eigenvalue weighted by Gasteiger charge is 2.46. The van der Waals surface area contributed by atoms with E-state index in [0.717, 1.165) is 19.3 Å². The van der Waals surface area contributed by atoms with Crippen LogP contribution in [-0.2, 0) is 20.7 Å². The minimum absolute atomic E-state index is 0.0605. The van der Waals surface area contributed by atoms with Crippen LogP contribution < -0.4 is 5.73 Å². The van der Waals surface area contributed by atoms with Gasteiger partial charge >= 0.3 is 0 Å². The lowest BCUT2D eigenvalue weighted by Crippen LogP contribution is -2.36. The molecule has 0 saturated heterocycles. The fourth-order valence-corrected chi connectivity index (χ4v) is 3.26. The van der Waals surface area contributed by atoms with Gasteiger partial charge in [0.05, 0.1) is 0 Å². The van der Waals surface area contributed by atoms with Crippen molar-refractivity contribution >= 4 is 5.91 Å². The van der Waals surface area contributed by atoms with Crippen LogP contribution in [0.4, 0.5) is 0 Å². The van der Waals surface area contributed by atoms with Crippen LogP contribution in [-0.4, -0.2) is 12.2 Å². The summed E-state index contributed by atoms with van der Waals surface area (Å²) in [4.78, 5) is 11.2. The van der Waals surface area contributed by atoms with Gasteiger partial charge in [-0.3, -0.25) is 4.79 Å². The number of hydrogen-bond donors (Lipinski definition) is 1. The summed E-state index contributed by atoms with van der Waals surface area (Å²) in [7, 11) is 0. The van der Waals surface area contributed by atoms with Gasteiger partial charge < -0.3 is 15.2 Å². The zero-order chi connectivity index (χ0) is 14.0. The molecule has 4 nitrogen and oxygen atoms in total. The Balaban J connectivity index is 1.78. The van der Waals surface area contributed by atoms with Gasteiger partial charge in [0, 0.05) is 5.41 Å². The van der Waals surface area contributed by atoms with Crippen molar-refractivity contribution in [2.75, 3.05) is 0 Å². The minimum atomic E-state index is -0.569. The van der Waals surface area contributed by atoms with Gasteiger partial charge in [-0.25, -0.2) is 0 Å². The lowest BCUT2D eigenvalue weighted by Gasteiger charge is -2.33. The van der Waals surface area contributed by atoms with Gasteiger partial charge in [-0.05, 0) is 24.8 Å². The number of benzene rings is 1. The summed E-state index contributed by atoms with van der Waals surface area (Å²) in [5.41, 5.74) is 6.45. The Labute approximate surface area is 118 Å². The average molecular weight is 273 g/mol. The topological polar surface area (TPSA) is 61.6 Å². The summed E-state index contributed by atoms with van der Waals surface area (Å²) in [6, 6.07) is 10.3. The molecule has 1 aromatic rings. The van der Waals surface area contributed by atoms with Crippen molar-refractivity contribution in [2.45, 2.75) is 38.4 Å². The smallest absolute Gasteiger partial charge is 0.287 e. The van der Waals surface area contributed by atoms with Crippen LogP contribution in [0.1, 0.15) is 31.2 Å². The third-order valence-corrected chi connectivity index (χ3v) is 4.27. The SMILES string of the molecule is NC(=O)C1=COC(C2(Cc3ccccc3)CCCC2)O1. The maximum absolute atomic E-state index is 11.2. The first kappa shape index (κ1) is 13.0. The van der Waals surface area contributed by atoms with Gasteiger partial charge in [0.2, 0.25) is 12.0 Å². The molecule has 1 aliphatic carbocycles. The molecular weight excluding hydrogens is 254 g/mol. The van der Waals surface area contributed by atoms with E-state index >= 15 is 0 Å². The van der Waals surface area contributed by atoms with Crippen molar-refractivity contribution in [1.29, 1.82) is 0 Å². The van der Waals surface area contributed by atoms with Gasteiger partial charge in [-0.15, -0.1) is 0 Å². The van der Waals surface area contributed by atoms with E-state index in [0.29, 0.717) is 0 Å². The first-order valence-corrected chi connectivity index (χ1v) is 7.06. The molecule has 0 spiro atoms. The van der Waals surface area contributed by atoms with Crippen molar-refractivity contribution in [3.8, 4) is 0 Å². The summed E-state index contributed by atoms with van der Waals surface area (Å²) < 4.78 is 11.2.